The number of nitro benzene ring substituents is 1. The molecule has 0 saturated carbocycles. The van der Waals surface area contributed by atoms with Crippen molar-refractivity contribution in [2.45, 2.75) is 26.4 Å². The first-order valence-electron chi connectivity index (χ1n) is 6.73. The third-order valence-electron chi connectivity index (χ3n) is 3.29. The summed E-state index contributed by atoms with van der Waals surface area (Å²) in [6, 6.07) is 6.78. The van der Waals surface area contributed by atoms with Gasteiger partial charge in [0.1, 0.15) is 5.75 Å². The summed E-state index contributed by atoms with van der Waals surface area (Å²) in [4.78, 5) is 11.8. The van der Waals surface area contributed by atoms with Gasteiger partial charge < -0.3 is 10.1 Å². The zero-order valence-electron chi connectivity index (χ0n) is 12.1. The molecule has 2 rings (SSSR count). The van der Waals surface area contributed by atoms with Crippen LogP contribution in [0.5, 0.6) is 5.75 Å². The average Bonchev–Trinajstić information content (AvgIpc) is 2.94. The van der Waals surface area contributed by atoms with Crippen LogP contribution >= 0.6 is 11.3 Å². The normalized spacial score (nSPS) is 10.6. The number of rotatable bonds is 7. The number of thiophene rings is 1. The van der Waals surface area contributed by atoms with Crippen molar-refractivity contribution in [3.8, 4) is 5.75 Å². The minimum Gasteiger partial charge on any atom is -0.496 e. The summed E-state index contributed by atoms with van der Waals surface area (Å²) in [6.45, 7) is 3.42. The molecule has 0 saturated heterocycles. The molecule has 0 aliphatic rings. The second-order valence-corrected chi connectivity index (χ2v) is 5.58. The quantitative estimate of drug-likeness (QED) is 0.628. The molecule has 1 heterocycles. The van der Waals surface area contributed by atoms with E-state index < -0.39 is 4.92 Å². The number of aryl methyl sites for hydroxylation is 1. The topological polar surface area (TPSA) is 64.4 Å². The summed E-state index contributed by atoms with van der Waals surface area (Å²) < 4.78 is 5.25. The van der Waals surface area contributed by atoms with Crippen LogP contribution in [0.1, 0.15) is 22.9 Å². The summed E-state index contributed by atoms with van der Waals surface area (Å²) in [5, 5.41) is 16.3. The first-order valence-corrected chi connectivity index (χ1v) is 7.61. The number of ether oxygens (including phenoxy) is 1. The van der Waals surface area contributed by atoms with Gasteiger partial charge in [-0.15, -0.1) is 11.3 Å². The maximum Gasteiger partial charge on any atom is 0.270 e. The van der Waals surface area contributed by atoms with Gasteiger partial charge in [-0.05, 0) is 29.5 Å². The number of hydrogen-bond acceptors (Lipinski definition) is 5. The monoisotopic (exact) mass is 306 g/mol. The van der Waals surface area contributed by atoms with E-state index in [1.807, 2.05) is 0 Å². The van der Waals surface area contributed by atoms with Crippen molar-refractivity contribution in [1.82, 2.24) is 5.32 Å². The van der Waals surface area contributed by atoms with Crippen LogP contribution in [-0.4, -0.2) is 12.0 Å². The van der Waals surface area contributed by atoms with Gasteiger partial charge in [0.25, 0.3) is 5.69 Å². The SMILES string of the molecule is CCc1ccsc1CNCc1cc([N+](=O)[O-])ccc1OC. The first-order chi connectivity index (χ1) is 10.2. The van der Waals surface area contributed by atoms with E-state index >= 15 is 0 Å². The second-order valence-electron chi connectivity index (χ2n) is 4.58. The molecule has 0 fully saturated rings. The van der Waals surface area contributed by atoms with Crippen molar-refractivity contribution in [2.24, 2.45) is 0 Å². The van der Waals surface area contributed by atoms with Crippen molar-refractivity contribution in [3.05, 3.63) is 55.8 Å². The predicted molar refractivity (Wildman–Crippen MR) is 83.9 cm³/mol. The van der Waals surface area contributed by atoms with Gasteiger partial charge in [-0.3, -0.25) is 10.1 Å². The number of nitrogens with one attached hydrogen (secondary N) is 1. The average molecular weight is 306 g/mol. The highest BCUT2D eigenvalue weighted by Crippen LogP contribution is 2.24. The van der Waals surface area contributed by atoms with Crippen LogP contribution in [0, 0.1) is 10.1 Å². The Labute approximate surface area is 127 Å². The molecule has 0 amide bonds. The van der Waals surface area contributed by atoms with Gasteiger partial charge in [0.2, 0.25) is 0 Å². The van der Waals surface area contributed by atoms with Crippen LogP contribution in [0.2, 0.25) is 0 Å². The van der Waals surface area contributed by atoms with E-state index in [9.17, 15) is 10.1 Å². The summed E-state index contributed by atoms with van der Waals surface area (Å²) in [5.74, 6) is 0.662. The molecule has 5 nitrogen and oxygen atoms in total. The Hall–Kier alpha value is -1.92. The molecular weight excluding hydrogens is 288 g/mol. The Bertz CT molecular complexity index is 625. The summed E-state index contributed by atoms with van der Waals surface area (Å²) in [7, 11) is 1.57. The van der Waals surface area contributed by atoms with E-state index in [1.165, 1.54) is 16.5 Å². The van der Waals surface area contributed by atoms with Crippen molar-refractivity contribution in [3.63, 3.8) is 0 Å². The van der Waals surface area contributed by atoms with Gasteiger partial charge in [-0.1, -0.05) is 6.92 Å². The molecule has 0 aliphatic heterocycles. The standard InChI is InChI=1S/C15H18N2O3S/c1-3-11-6-7-21-15(11)10-16-9-12-8-13(17(18)19)4-5-14(12)20-2/h4-8,16H,3,9-10H2,1-2H3. The largest absolute Gasteiger partial charge is 0.496 e. The van der Waals surface area contributed by atoms with Crippen LogP contribution in [0.25, 0.3) is 0 Å². The molecular formula is C15H18N2O3S. The molecule has 112 valence electrons. The first kappa shape index (κ1) is 15.5. The van der Waals surface area contributed by atoms with Gasteiger partial charge in [-0.25, -0.2) is 0 Å². The molecule has 1 aromatic heterocycles. The summed E-state index contributed by atoms with van der Waals surface area (Å²) in [5.41, 5.74) is 2.22. The Morgan fingerprint density at radius 1 is 1.29 bits per heavy atom. The fraction of sp³-hybridized carbons (Fsp3) is 0.333. The van der Waals surface area contributed by atoms with Crippen LogP contribution in [0.4, 0.5) is 5.69 Å². The molecule has 0 aliphatic carbocycles. The maximum atomic E-state index is 10.8. The highest BCUT2D eigenvalue weighted by molar-refractivity contribution is 7.10. The summed E-state index contributed by atoms with van der Waals surface area (Å²) >= 11 is 1.73. The van der Waals surface area contributed by atoms with Crippen molar-refractivity contribution in [1.29, 1.82) is 0 Å². The van der Waals surface area contributed by atoms with Crippen LogP contribution in [0.3, 0.4) is 0 Å². The Balaban J connectivity index is 2.05. The molecule has 0 spiro atoms. The molecule has 0 radical (unpaired) electrons. The van der Waals surface area contributed by atoms with E-state index in [4.69, 9.17) is 4.74 Å². The smallest absolute Gasteiger partial charge is 0.270 e. The Kier molecular flexibility index (Phi) is 5.30. The van der Waals surface area contributed by atoms with E-state index in [1.54, 1.807) is 30.6 Å². The highest BCUT2D eigenvalue weighted by atomic mass is 32.1. The lowest BCUT2D eigenvalue weighted by molar-refractivity contribution is -0.384. The number of non-ortho nitro benzene ring substituents is 1. The molecule has 0 unspecified atom stereocenters. The number of benzene rings is 1. The fourth-order valence-corrected chi connectivity index (χ4v) is 3.11. The zero-order chi connectivity index (χ0) is 15.2. The van der Waals surface area contributed by atoms with Crippen LogP contribution < -0.4 is 10.1 Å². The lowest BCUT2D eigenvalue weighted by Crippen LogP contribution is -2.13. The minimum absolute atomic E-state index is 0.0815. The number of nitrogens with zero attached hydrogens (tertiary/aromatic N) is 1. The zero-order valence-corrected chi connectivity index (χ0v) is 12.9. The Morgan fingerprint density at radius 3 is 2.76 bits per heavy atom. The van der Waals surface area contributed by atoms with Gasteiger partial charge in [-0.2, -0.15) is 0 Å². The molecule has 6 heteroatoms. The molecule has 0 bridgehead atoms. The highest BCUT2D eigenvalue weighted by Gasteiger charge is 2.11. The lowest BCUT2D eigenvalue weighted by atomic mass is 10.1. The van der Waals surface area contributed by atoms with E-state index in [0.29, 0.717) is 12.3 Å². The van der Waals surface area contributed by atoms with Crippen molar-refractivity contribution in [2.75, 3.05) is 7.11 Å². The Morgan fingerprint density at radius 2 is 2.10 bits per heavy atom. The molecule has 1 N–H and O–H groups in total. The van der Waals surface area contributed by atoms with Crippen LogP contribution in [0.15, 0.2) is 29.6 Å². The number of nitro groups is 1. The third kappa shape index (κ3) is 3.80. The molecule has 21 heavy (non-hydrogen) atoms. The van der Waals surface area contributed by atoms with Gasteiger partial charge >= 0.3 is 0 Å². The second kappa shape index (κ2) is 7.19. The van der Waals surface area contributed by atoms with Gasteiger partial charge in [0.15, 0.2) is 0 Å². The number of hydrogen-bond donors (Lipinski definition) is 1. The predicted octanol–water partition coefficient (Wildman–Crippen LogP) is 3.52. The molecule has 1 aromatic carbocycles. The van der Waals surface area contributed by atoms with E-state index in [-0.39, 0.29) is 5.69 Å². The third-order valence-corrected chi connectivity index (χ3v) is 4.26. The summed E-state index contributed by atoms with van der Waals surface area (Å²) in [6.07, 6.45) is 1.01. The maximum absolute atomic E-state index is 10.8. The van der Waals surface area contributed by atoms with E-state index in [0.717, 1.165) is 18.5 Å². The van der Waals surface area contributed by atoms with Crippen LogP contribution in [-0.2, 0) is 19.5 Å². The number of methoxy groups -OCH3 is 1. The fourth-order valence-electron chi connectivity index (χ4n) is 2.16. The minimum atomic E-state index is -0.391. The molecule has 0 atom stereocenters. The van der Waals surface area contributed by atoms with Crippen molar-refractivity contribution < 1.29 is 9.66 Å². The van der Waals surface area contributed by atoms with E-state index in [2.05, 4.69) is 23.7 Å². The van der Waals surface area contributed by atoms with Gasteiger partial charge in [0, 0.05) is 35.7 Å². The van der Waals surface area contributed by atoms with Gasteiger partial charge in [0.05, 0.1) is 12.0 Å². The lowest BCUT2D eigenvalue weighted by Gasteiger charge is -2.09. The van der Waals surface area contributed by atoms with Crippen molar-refractivity contribution >= 4 is 17.0 Å². The molecule has 2 aromatic rings.